The van der Waals surface area contributed by atoms with E-state index in [1.54, 1.807) is 55.6 Å². The average molecular weight is 460 g/mol. The highest BCUT2D eigenvalue weighted by molar-refractivity contribution is 5.97. The molecule has 4 rings (SSSR count). The normalized spacial score (nSPS) is 10.5. The van der Waals surface area contributed by atoms with Gasteiger partial charge in [0.15, 0.2) is 12.4 Å². The summed E-state index contributed by atoms with van der Waals surface area (Å²) in [5, 5.41) is 0.289. The molecule has 0 fully saturated rings. The molecule has 0 aliphatic rings. The molecule has 0 saturated heterocycles. The Balaban J connectivity index is 1.46. The van der Waals surface area contributed by atoms with Crippen molar-refractivity contribution in [1.82, 2.24) is 0 Å². The lowest BCUT2D eigenvalue weighted by molar-refractivity contribution is 0.0600. The van der Waals surface area contributed by atoms with E-state index in [2.05, 4.69) is 4.74 Å². The van der Waals surface area contributed by atoms with Crippen molar-refractivity contribution in [2.45, 2.75) is 0 Å². The van der Waals surface area contributed by atoms with Crippen molar-refractivity contribution in [3.63, 3.8) is 0 Å². The van der Waals surface area contributed by atoms with Crippen LogP contribution in [-0.4, -0.2) is 32.6 Å². The minimum absolute atomic E-state index is 0.0123. The molecule has 0 saturated carbocycles. The molecule has 0 amide bonds. The number of carbonyl (C=O) groups is 2. The maximum Gasteiger partial charge on any atom is 0.337 e. The highest BCUT2D eigenvalue weighted by Gasteiger charge is 2.13. The SMILES string of the molecule is COC(=O)c1ccc(Oc2coc3cc(OCC(=O)c4ccc(OC)cc4)ccc3c2=O)cc1. The molecule has 0 N–H and O–H groups in total. The Morgan fingerprint density at radius 3 is 2.15 bits per heavy atom. The van der Waals surface area contributed by atoms with E-state index < -0.39 is 5.97 Å². The topological polar surface area (TPSA) is 101 Å². The predicted molar refractivity (Wildman–Crippen MR) is 123 cm³/mol. The lowest BCUT2D eigenvalue weighted by Crippen LogP contribution is -2.11. The van der Waals surface area contributed by atoms with Crippen molar-refractivity contribution in [3.8, 4) is 23.0 Å². The minimum Gasteiger partial charge on any atom is -0.497 e. The van der Waals surface area contributed by atoms with Crippen LogP contribution >= 0.6 is 0 Å². The van der Waals surface area contributed by atoms with Gasteiger partial charge in [-0.2, -0.15) is 0 Å². The molecule has 3 aromatic carbocycles. The predicted octanol–water partition coefficient (Wildman–Crippen LogP) is 4.64. The number of benzene rings is 3. The lowest BCUT2D eigenvalue weighted by Gasteiger charge is -2.08. The number of ether oxygens (including phenoxy) is 4. The van der Waals surface area contributed by atoms with Gasteiger partial charge in [-0.3, -0.25) is 9.59 Å². The summed E-state index contributed by atoms with van der Waals surface area (Å²) in [4.78, 5) is 36.7. The van der Waals surface area contributed by atoms with Crippen molar-refractivity contribution in [2.75, 3.05) is 20.8 Å². The zero-order valence-corrected chi connectivity index (χ0v) is 18.4. The van der Waals surface area contributed by atoms with Crippen LogP contribution in [-0.2, 0) is 4.74 Å². The lowest BCUT2D eigenvalue weighted by atomic mass is 10.1. The third-order valence-electron chi connectivity index (χ3n) is 5.00. The standard InChI is InChI=1S/C26H20O8/c1-30-18-7-3-16(4-8-18)22(27)14-32-20-11-12-21-23(13-20)33-15-24(25(21)28)34-19-9-5-17(6-10-19)26(29)31-2/h3-13,15H,14H2,1-2H3. The van der Waals surface area contributed by atoms with Crippen molar-refractivity contribution in [3.05, 3.63) is 94.3 Å². The van der Waals surface area contributed by atoms with Crippen molar-refractivity contribution >= 4 is 22.7 Å². The van der Waals surface area contributed by atoms with Crippen LogP contribution in [0.25, 0.3) is 11.0 Å². The quantitative estimate of drug-likeness (QED) is 0.277. The van der Waals surface area contributed by atoms with Gasteiger partial charge in [0.2, 0.25) is 11.2 Å². The molecule has 0 radical (unpaired) electrons. The number of carbonyl (C=O) groups excluding carboxylic acids is 2. The minimum atomic E-state index is -0.472. The van der Waals surface area contributed by atoms with Gasteiger partial charge >= 0.3 is 5.97 Å². The summed E-state index contributed by atoms with van der Waals surface area (Å²) in [6.45, 7) is -0.176. The summed E-state index contributed by atoms with van der Waals surface area (Å²) < 4.78 is 26.5. The summed E-state index contributed by atoms with van der Waals surface area (Å²) in [7, 11) is 2.85. The third-order valence-corrected chi connectivity index (χ3v) is 5.00. The Bertz CT molecular complexity index is 1390. The summed E-state index contributed by atoms with van der Waals surface area (Å²) in [5.74, 6) is 0.706. The molecular weight excluding hydrogens is 440 g/mol. The molecule has 0 spiro atoms. The molecule has 0 bridgehead atoms. The van der Waals surface area contributed by atoms with E-state index in [1.165, 1.54) is 31.6 Å². The van der Waals surface area contributed by atoms with Gasteiger partial charge in [-0.25, -0.2) is 4.79 Å². The molecule has 1 heterocycles. The Kier molecular flexibility index (Phi) is 6.59. The van der Waals surface area contributed by atoms with E-state index in [1.807, 2.05) is 0 Å². The van der Waals surface area contributed by atoms with Gasteiger partial charge in [-0.15, -0.1) is 0 Å². The fourth-order valence-electron chi connectivity index (χ4n) is 3.16. The zero-order valence-electron chi connectivity index (χ0n) is 18.4. The van der Waals surface area contributed by atoms with Gasteiger partial charge in [-0.1, -0.05) is 0 Å². The molecule has 172 valence electrons. The number of Topliss-reactive ketones (excluding diaryl/α,β-unsaturated/α-hetero) is 1. The van der Waals surface area contributed by atoms with Crippen molar-refractivity contribution < 1.29 is 33.0 Å². The van der Waals surface area contributed by atoms with Crippen molar-refractivity contribution in [2.24, 2.45) is 0 Å². The van der Waals surface area contributed by atoms with Crippen LogP contribution in [0.3, 0.4) is 0 Å². The molecular formula is C26H20O8. The number of methoxy groups -OCH3 is 2. The van der Waals surface area contributed by atoms with Gasteiger partial charge < -0.3 is 23.4 Å². The Morgan fingerprint density at radius 2 is 1.47 bits per heavy atom. The third kappa shape index (κ3) is 4.91. The molecule has 0 aliphatic carbocycles. The largest absolute Gasteiger partial charge is 0.497 e. The fourth-order valence-corrected chi connectivity index (χ4v) is 3.16. The van der Waals surface area contributed by atoms with Crippen LogP contribution in [0.4, 0.5) is 0 Å². The van der Waals surface area contributed by atoms with Crippen LogP contribution in [0, 0.1) is 0 Å². The Hall–Kier alpha value is -4.59. The van der Waals surface area contributed by atoms with Gasteiger partial charge in [0.1, 0.15) is 29.1 Å². The molecule has 34 heavy (non-hydrogen) atoms. The highest BCUT2D eigenvalue weighted by Crippen LogP contribution is 2.24. The first-order valence-electron chi connectivity index (χ1n) is 10.2. The first kappa shape index (κ1) is 22.6. The number of ketones is 1. The number of rotatable bonds is 8. The summed E-state index contributed by atoms with van der Waals surface area (Å²) in [6, 6.07) is 17.5. The molecule has 8 nitrogen and oxygen atoms in total. The molecule has 0 unspecified atom stereocenters. The first-order chi connectivity index (χ1) is 16.5. The smallest absolute Gasteiger partial charge is 0.337 e. The van der Waals surface area contributed by atoms with Gasteiger partial charge in [0.05, 0.1) is 25.2 Å². The maximum absolute atomic E-state index is 12.8. The van der Waals surface area contributed by atoms with Crippen molar-refractivity contribution in [1.29, 1.82) is 0 Å². The second kappa shape index (κ2) is 9.91. The van der Waals surface area contributed by atoms with E-state index in [0.717, 1.165) is 0 Å². The number of hydrogen-bond acceptors (Lipinski definition) is 8. The van der Waals surface area contributed by atoms with E-state index >= 15 is 0 Å². The maximum atomic E-state index is 12.8. The number of fused-ring (bicyclic) bond motifs is 1. The monoisotopic (exact) mass is 460 g/mol. The van der Waals surface area contributed by atoms with E-state index in [4.69, 9.17) is 18.6 Å². The first-order valence-corrected chi connectivity index (χ1v) is 10.2. The summed E-state index contributed by atoms with van der Waals surface area (Å²) in [5.41, 5.74) is 0.764. The second-order valence-electron chi connectivity index (χ2n) is 7.15. The second-order valence-corrected chi connectivity index (χ2v) is 7.15. The fraction of sp³-hybridized carbons (Fsp3) is 0.115. The van der Waals surface area contributed by atoms with Crippen LogP contribution in [0.1, 0.15) is 20.7 Å². The summed E-state index contributed by atoms with van der Waals surface area (Å²) >= 11 is 0. The Morgan fingerprint density at radius 1 is 0.824 bits per heavy atom. The zero-order chi connectivity index (χ0) is 24.1. The Labute approximate surface area is 194 Å². The molecule has 4 aromatic rings. The molecule has 8 heteroatoms. The average Bonchev–Trinajstić information content (AvgIpc) is 2.89. The van der Waals surface area contributed by atoms with Gasteiger partial charge in [0, 0.05) is 11.6 Å². The molecule has 0 atom stereocenters. The van der Waals surface area contributed by atoms with Crippen LogP contribution in [0.15, 0.2) is 82.2 Å². The van der Waals surface area contributed by atoms with Crippen LogP contribution < -0.4 is 19.6 Å². The molecule has 0 aliphatic heterocycles. The van der Waals surface area contributed by atoms with Crippen LogP contribution in [0.2, 0.25) is 0 Å². The molecule has 1 aromatic heterocycles. The highest BCUT2D eigenvalue weighted by atomic mass is 16.5. The van der Waals surface area contributed by atoms with Gasteiger partial charge in [-0.05, 0) is 60.7 Å². The number of hydrogen-bond donors (Lipinski definition) is 0. The number of esters is 1. The van der Waals surface area contributed by atoms with E-state index in [0.29, 0.717) is 28.4 Å². The summed E-state index contributed by atoms with van der Waals surface area (Å²) in [6.07, 6.45) is 1.20. The van der Waals surface area contributed by atoms with E-state index in [-0.39, 0.29) is 34.5 Å². The van der Waals surface area contributed by atoms with E-state index in [9.17, 15) is 14.4 Å². The van der Waals surface area contributed by atoms with Crippen LogP contribution in [0.5, 0.6) is 23.0 Å². The van der Waals surface area contributed by atoms with Gasteiger partial charge in [0.25, 0.3) is 0 Å².